The van der Waals surface area contributed by atoms with Crippen LogP contribution in [0.1, 0.15) is 65.2 Å². The second-order valence-electron chi connectivity index (χ2n) is 5.43. The van der Waals surface area contributed by atoms with E-state index in [1.165, 1.54) is 38.5 Å². The van der Waals surface area contributed by atoms with Crippen molar-refractivity contribution in [3.05, 3.63) is 12.2 Å². The zero-order valence-electron chi connectivity index (χ0n) is 11.5. The molecule has 0 aromatic carbocycles. The van der Waals surface area contributed by atoms with Crippen LogP contribution in [0.3, 0.4) is 0 Å². The summed E-state index contributed by atoms with van der Waals surface area (Å²) < 4.78 is 0. The van der Waals surface area contributed by atoms with Gasteiger partial charge < -0.3 is 10.4 Å². The van der Waals surface area contributed by atoms with E-state index in [2.05, 4.69) is 31.3 Å². The summed E-state index contributed by atoms with van der Waals surface area (Å²) in [6.07, 6.45) is 14.1. The highest BCUT2D eigenvalue weighted by Crippen LogP contribution is 2.14. The fourth-order valence-electron chi connectivity index (χ4n) is 2.56. The minimum Gasteiger partial charge on any atom is -0.393 e. The molecule has 0 amide bonds. The van der Waals surface area contributed by atoms with Crippen molar-refractivity contribution in [1.29, 1.82) is 0 Å². The molecule has 0 bridgehead atoms. The Hall–Kier alpha value is -0.340. The second-order valence-corrected chi connectivity index (χ2v) is 5.43. The average molecular weight is 239 g/mol. The summed E-state index contributed by atoms with van der Waals surface area (Å²) in [6.45, 7) is 4.40. The molecule has 1 fully saturated rings. The van der Waals surface area contributed by atoms with E-state index in [0.717, 1.165) is 12.8 Å². The van der Waals surface area contributed by atoms with Gasteiger partial charge in [-0.1, -0.05) is 44.8 Å². The number of piperidine rings is 1. The van der Waals surface area contributed by atoms with E-state index in [0.29, 0.717) is 12.1 Å². The Morgan fingerprint density at radius 3 is 2.65 bits per heavy atom. The van der Waals surface area contributed by atoms with Gasteiger partial charge in [-0.15, -0.1) is 0 Å². The van der Waals surface area contributed by atoms with Gasteiger partial charge in [0.2, 0.25) is 0 Å². The maximum Gasteiger partial charge on any atom is 0.0572 e. The van der Waals surface area contributed by atoms with Gasteiger partial charge in [0.1, 0.15) is 0 Å². The molecule has 0 unspecified atom stereocenters. The molecule has 0 saturated carbocycles. The quantitative estimate of drug-likeness (QED) is 0.527. The molecule has 0 aliphatic carbocycles. The Bertz CT molecular complexity index is 205. The lowest BCUT2D eigenvalue weighted by Gasteiger charge is -2.30. The third kappa shape index (κ3) is 6.85. The third-order valence-corrected chi connectivity index (χ3v) is 3.49. The Kier molecular flexibility index (Phi) is 7.54. The monoisotopic (exact) mass is 239 g/mol. The van der Waals surface area contributed by atoms with Crippen molar-refractivity contribution in [1.82, 2.24) is 5.32 Å². The van der Waals surface area contributed by atoms with Gasteiger partial charge in [-0.3, -0.25) is 0 Å². The Labute approximate surface area is 106 Å². The maximum absolute atomic E-state index is 9.68. The van der Waals surface area contributed by atoms with Gasteiger partial charge in [-0.05, 0) is 32.6 Å². The van der Waals surface area contributed by atoms with E-state index < -0.39 is 0 Å². The lowest BCUT2D eigenvalue weighted by atomic mass is 9.96. The number of aliphatic hydroxyl groups excluding tert-OH is 1. The molecule has 0 aromatic rings. The summed E-state index contributed by atoms with van der Waals surface area (Å²) in [5.74, 6) is 0. The van der Waals surface area contributed by atoms with Crippen LogP contribution in [0.2, 0.25) is 0 Å². The molecule has 1 heterocycles. The normalized spacial score (nSPS) is 29.9. The molecular weight excluding hydrogens is 210 g/mol. The zero-order valence-corrected chi connectivity index (χ0v) is 11.5. The lowest BCUT2D eigenvalue weighted by molar-refractivity contribution is 0.107. The van der Waals surface area contributed by atoms with Crippen molar-refractivity contribution in [2.24, 2.45) is 0 Å². The maximum atomic E-state index is 9.68. The van der Waals surface area contributed by atoms with Crippen molar-refractivity contribution in [3.8, 4) is 0 Å². The van der Waals surface area contributed by atoms with Gasteiger partial charge in [0.25, 0.3) is 0 Å². The Morgan fingerprint density at radius 1 is 1.18 bits per heavy atom. The van der Waals surface area contributed by atoms with Gasteiger partial charge in [0, 0.05) is 12.1 Å². The summed E-state index contributed by atoms with van der Waals surface area (Å²) in [5, 5.41) is 13.2. The van der Waals surface area contributed by atoms with Crippen LogP contribution in [0, 0.1) is 0 Å². The van der Waals surface area contributed by atoms with Crippen molar-refractivity contribution in [3.63, 3.8) is 0 Å². The van der Waals surface area contributed by atoms with E-state index >= 15 is 0 Å². The van der Waals surface area contributed by atoms with E-state index in [4.69, 9.17) is 0 Å². The predicted octanol–water partition coefficient (Wildman–Crippen LogP) is 3.40. The lowest BCUT2D eigenvalue weighted by Crippen LogP contribution is -2.44. The number of hydrogen-bond donors (Lipinski definition) is 2. The van der Waals surface area contributed by atoms with E-state index in [-0.39, 0.29) is 6.10 Å². The van der Waals surface area contributed by atoms with Crippen LogP contribution in [0.4, 0.5) is 0 Å². The molecule has 17 heavy (non-hydrogen) atoms. The fourth-order valence-corrected chi connectivity index (χ4v) is 2.56. The Balaban J connectivity index is 2.07. The van der Waals surface area contributed by atoms with Gasteiger partial charge >= 0.3 is 0 Å². The van der Waals surface area contributed by atoms with Crippen LogP contribution in [-0.2, 0) is 0 Å². The first-order valence-electron chi connectivity index (χ1n) is 7.33. The molecule has 1 aliphatic heterocycles. The smallest absolute Gasteiger partial charge is 0.0572 e. The first-order valence-corrected chi connectivity index (χ1v) is 7.33. The molecule has 0 radical (unpaired) electrons. The third-order valence-electron chi connectivity index (χ3n) is 3.49. The molecular formula is C15H29NO. The van der Waals surface area contributed by atoms with Crippen molar-refractivity contribution in [2.45, 2.75) is 83.4 Å². The van der Waals surface area contributed by atoms with Gasteiger partial charge in [0.05, 0.1) is 6.10 Å². The molecule has 3 atom stereocenters. The number of nitrogens with one attached hydrogen (secondary N) is 1. The number of allylic oxidation sites excluding steroid dienone is 1. The summed E-state index contributed by atoms with van der Waals surface area (Å²) in [7, 11) is 0. The predicted molar refractivity (Wildman–Crippen MR) is 74.1 cm³/mol. The highest BCUT2D eigenvalue weighted by molar-refractivity contribution is 4.98. The zero-order chi connectivity index (χ0) is 12.5. The minimum atomic E-state index is -0.120. The van der Waals surface area contributed by atoms with Crippen LogP contribution in [0.25, 0.3) is 0 Å². The number of unbranched alkanes of at least 4 members (excludes halogenated alkanes) is 5. The summed E-state index contributed by atoms with van der Waals surface area (Å²) in [6, 6.07) is 0.822. The van der Waals surface area contributed by atoms with Gasteiger partial charge in [-0.25, -0.2) is 0 Å². The van der Waals surface area contributed by atoms with Crippen molar-refractivity contribution >= 4 is 0 Å². The highest BCUT2D eigenvalue weighted by atomic mass is 16.3. The van der Waals surface area contributed by atoms with Crippen molar-refractivity contribution < 1.29 is 5.11 Å². The number of rotatable bonds is 7. The van der Waals surface area contributed by atoms with Crippen LogP contribution in [0.5, 0.6) is 0 Å². The van der Waals surface area contributed by atoms with E-state index in [1.807, 2.05) is 0 Å². The fraction of sp³-hybridized carbons (Fsp3) is 0.867. The molecule has 2 N–H and O–H groups in total. The van der Waals surface area contributed by atoms with Crippen LogP contribution in [0.15, 0.2) is 12.2 Å². The first-order chi connectivity index (χ1) is 8.22. The molecule has 2 heteroatoms. The van der Waals surface area contributed by atoms with Gasteiger partial charge in [-0.2, -0.15) is 0 Å². The van der Waals surface area contributed by atoms with Crippen LogP contribution >= 0.6 is 0 Å². The largest absolute Gasteiger partial charge is 0.393 e. The SMILES string of the molecule is CCCCCCC/C=C/[C@@H]1C[C@@H](O)C[C@H](C)N1. The van der Waals surface area contributed by atoms with Crippen LogP contribution in [-0.4, -0.2) is 23.3 Å². The number of hydrogen-bond acceptors (Lipinski definition) is 2. The van der Waals surface area contributed by atoms with Gasteiger partial charge in [0.15, 0.2) is 0 Å². The second kappa shape index (κ2) is 8.71. The van der Waals surface area contributed by atoms with E-state index in [9.17, 15) is 5.11 Å². The molecule has 0 aromatic heterocycles. The first kappa shape index (κ1) is 14.7. The molecule has 1 aliphatic rings. The van der Waals surface area contributed by atoms with Crippen LogP contribution < -0.4 is 5.32 Å². The summed E-state index contributed by atoms with van der Waals surface area (Å²) >= 11 is 0. The van der Waals surface area contributed by atoms with Crippen molar-refractivity contribution in [2.75, 3.05) is 0 Å². The molecule has 1 rings (SSSR count). The molecule has 1 saturated heterocycles. The molecule has 100 valence electrons. The average Bonchev–Trinajstić information content (AvgIpc) is 2.26. The summed E-state index contributed by atoms with van der Waals surface area (Å²) in [5.41, 5.74) is 0. The minimum absolute atomic E-state index is 0.120. The van der Waals surface area contributed by atoms with E-state index in [1.54, 1.807) is 0 Å². The standard InChI is InChI=1S/C15H29NO/c1-3-4-5-6-7-8-9-10-14-12-15(17)11-13(2)16-14/h9-10,13-17H,3-8,11-12H2,1-2H3/b10-9+/t13-,14+,15-/m0/s1. The topological polar surface area (TPSA) is 32.3 Å². The molecule has 2 nitrogen and oxygen atoms in total. The Morgan fingerprint density at radius 2 is 1.94 bits per heavy atom. The molecule has 0 spiro atoms. The summed E-state index contributed by atoms with van der Waals surface area (Å²) in [4.78, 5) is 0. The highest BCUT2D eigenvalue weighted by Gasteiger charge is 2.21. The number of aliphatic hydroxyl groups is 1.